The molecule has 2 aliphatic rings. The Morgan fingerprint density at radius 3 is 2.29 bits per heavy atom. The maximum absolute atomic E-state index is 12.5. The standard InChI is InChI=1S/C22H38N6O2.HI/c1-4-23-22(24-17-19(3)18-26-10-8-25(5-2)9-11-26)28-14-12-27(13-15-28)21(29)20-7-6-16-30-20;/h6-7,16,19H,4-5,8-15,17-18H2,1-3H3,(H,23,24);1H. The molecule has 1 amide bonds. The summed E-state index contributed by atoms with van der Waals surface area (Å²) in [6.45, 7) is 18.2. The average Bonchev–Trinajstić information content (AvgIpc) is 3.32. The smallest absolute Gasteiger partial charge is 0.289 e. The fourth-order valence-corrected chi connectivity index (χ4v) is 4.13. The molecule has 1 aromatic heterocycles. The molecule has 2 aliphatic heterocycles. The van der Waals surface area contributed by atoms with Crippen molar-refractivity contribution in [2.24, 2.45) is 10.9 Å². The number of likely N-dealkylation sites (N-methyl/N-ethyl adjacent to an activating group) is 1. The lowest BCUT2D eigenvalue weighted by Crippen LogP contribution is -2.54. The van der Waals surface area contributed by atoms with Crippen LogP contribution in [0.3, 0.4) is 0 Å². The molecule has 0 radical (unpaired) electrons. The minimum Gasteiger partial charge on any atom is -0.459 e. The molecule has 0 spiro atoms. The molecule has 0 aliphatic carbocycles. The Kier molecular flexibility index (Phi) is 11.1. The van der Waals surface area contributed by atoms with Gasteiger partial charge < -0.3 is 29.3 Å². The molecule has 1 atom stereocenters. The van der Waals surface area contributed by atoms with Crippen LogP contribution >= 0.6 is 24.0 Å². The Morgan fingerprint density at radius 2 is 1.71 bits per heavy atom. The summed E-state index contributed by atoms with van der Waals surface area (Å²) in [5.41, 5.74) is 0. The van der Waals surface area contributed by atoms with Crippen molar-refractivity contribution in [3.63, 3.8) is 0 Å². The van der Waals surface area contributed by atoms with E-state index in [4.69, 9.17) is 9.41 Å². The van der Waals surface area contributed by atoms with Crippen LogP contribution in [0.1, 0.15) is 31.3 Å². The lowest BCUT2D eigenvalue weighted by Gasteiger charge is -2.36. The van der Waals surface area contributed by atoms with Gasteiger partial charge in [-0.05, 0) is 31.5 Å². The summed E-state index contributed by atoms with van der Waals surface area (Å²) in [6, 6.07) is 3.48. The van der Waals surface area contributed by atoms with Crippen LogP contribution < -0.4 is 5.32 Å². The van der Waals surface area contributed by atoms with Crippen molar-refractivity contribution < 1.29 is 9.21 Å². The molecule has 8 nitrogen and oxygen atoms in total. The average molecular weight is 546 g/mol. The van der Waals surface area contributed by atoms with Gasteiger partial charge in [-0.15, -0.1) is 24.0 Å². The van der Waals surface area contributed by atoms with Gasteiger partial charge in [0.2, 0.25) is 0 Å². The van der Waals surface area contributed by atoms with Crippen molar-refractivity contribution >= 4 is 35.8 Å². The third kappa shape index (κ3) is 7.64. The van der Waals surface area contributed by atoms with Crippen molar-refractivity contribution in [3.8, 4) is 0 Å². The lowest BCUT2D eigenvalue weighted by molar-refractivity contribution is 0.0657. The van der Waals surface area contributed by atoms with E-state index in [0.29, 0.717) is 24.8 Å². The lowest BCUT2D eigenvalue weighted by atomic mass is 10.1. The largest absolute Gasteiger partial charge is 0.459 e. The molecule has 0 saturated carbocycles. The van der Waals surface area contributed by atoms with Gasteiger partial charge in [0.25, 0.3) is 5.91 Å². The van der Waals surface area contributed by atoms with Crippen LogP contribution in [-0.4, -0.2) is 110 Å². The molecule has 3 heterocycles. The Morgan fingerprint density at radius 1 is 1.06 bits per heavy atom. The fraction of sp³-hybridized carbons (Fsp3) is 0.727. The zero-order valence-corrected chi connectivity index (χ0v) is 21.6. The number of nitrogens with zero attached hydrogens (tertiary/aromatic N) is 5. The van der Waals surface area contributed by atoms with Crippen molar-refractivity contribution in [1.29, 1.82) is 0 Å². The summed E-state index contributed by atoms with van der Waals surface area (Å²) in [4.78, 5) is 26.6. The second-order valence-electron chi connectivity index (χ2n) is 8.29. The molecule has 1 unspecified atom stereocenters. The first kappa shape index (κ1) is 25.9. The van der Waals surface area contributed by atoms with Crippen LogP contribution in [0.15, 0.2) is 27.8 Å². The molecule has 0 aromatic carbocycles. The molecule has 31 heavy (non-hydrogen) atoms. The number of amides is 1. The number of hydrogen-bond donors (Lipinski definition) is 1. The second-order valence-corrected chi connectivity index (χ2v) is 8.29. The highest BCUT2D eigenvalue weighted by atomic mass is 127. The number of halogens is 1. The highest BCUT2D eigenvalue weighted by molar-refractivity contribution is 14.0. The van der Waals surface area contributed by atoms with E-state index in [1.165, 1.54) is 13.1 Å². The second kappa shape index (κ2) is 13.3. The molecule has 2 saturated heterocycles. The maximum Gasteiger partial charge on any atom is 0.289 e. The van der Waals surface area contributed by atoms with Crippen molar-refractivity contribution in [1.82, 2.24) is 24.9 Å². The van der Waals surface area contributed by atoms with Crippen LogP contribution in [0, 0.1) is 5.92 Å². The van der Waals surface area contributed by atoms with Crippen LogP contribution in [0.5, 0.6) is 0 Å². The predicted octanol–water partition coefficient (Wildman–Crippen LogP) is 1.89. The normalized spacial score (nSPS) is 19.8. The topological polar surface area (TPSA) is 67.6 Å². The van der Waals surface area contributed by atoms with Gasteiger partial charge in [0.05, 0.1) is 6.26 Å². The van der Waals surface area contributed by atoms with E-state index in [2.05, 4.69) is 40.8 Å². The van der Waals surface area contributed by atoms with E-state index in [0.717, 1.165) is 58.3 Å². The molecular weight excluding hydrogens is 507 g/mol. The third-order valence-electron chi connectivity index (χ3n) is 5.97. The van der Waals surface area contributed by atoms with Gasteiger partial charge >= 0.3 is 0 Å². The number of aliphatic imine (C=N–C) groups is 1. The van der Waals surface area contributed by atoms with Crippen LogP contribution in [0.25, 0.3) is 0 Å². The minimum absolute atomic E-state index is 0. The van der Waals surface area contributed by atoms with Gasteiger partial charge in [0.1, 0.15) is 0 Å². The SMILES string of the molecule is CCNC(=NCC(C)CN1CCN(CC)CC1)N1CCN(C(=O)c2ccco2)CC1.I. The maximum atomic E-state index is 12.5. The zero-order valence-electron chi connectivity index (χ0n) is 19.3. The van der Waals surface area contributed by atoms with Gasteiger partial charge in [-0.25, -0.2) is 0 Å². The molecular formula is C22H39IN6O2. The van der Waals surface area contributed by atoms with Gasteiger partial charge in [-0.1, -0.05) is 13.8 Å². The van der Waals surface area contributed by atoms with Gasteiger partial charge in [0.15, 0.2) is 11.7 Å². The fourth-order valence-electron chi connectivity index (χ4n) is 4.13. The first-order valence-electron chi connectivity index (χ1n) is 11.4. The summed E-state index contributed by atoms with van der Waals surface area (Å²) in [7, 11) is 0. The van der Waals surface area contributed by atoms with E-state index < -0.39 is 0 Å². The van der Waals surface area contributed by atoms with Crippen molar-refractivity contribution in [3.05, 3.63) is 24.2 Å². The summed E-state index contributed by atoms with van der Waals surface area (Å²) in [5, 5.41) is 3.43. The van der Waals surface area contributed by atoms with Crippen LogP contribution in [0.4, 0.5) is 0 Å². The summed E-state index contributed by atoms with van der Waals surface area (Å²) in [6.07, 6.45) is 1.55. The Bertz CT molecular complexity index is 668. The summed E-state index contributed by atoms with van der Waals surface area (Å²) >= 11 is 0. The molecule has 1 N–H and O–H groups in total. The number of hydrogen-bond acceptors (Lipinski definition) is 5. The molecule has 2 fully saturated rings. The quantitative estimate of drug-likeness (QED) is 0.320. The summed E-state index contributed by atoms with van der Waals surface area (Å²) in [5.74, 6) is 1.87. The van der Waals surface area contributed by atoms with E-state index in [1.807, 2.05) is 4.90 Å². The number of guanidine groups is 1. The van der Waals surface area contributed by atoms with Gasteiger partial charge in [0, 0.05) is 72.0 Å². The number of rotatable bonds is 7. The van der Waals surface area contributed by atoms with Gasteiger partial charge in [-0.3, -0.25) is 9.79 Å². The Labute approximate surface area is 204 Å². The third-order valence-corrected chi connectivity index (χ3v) is 5.97. The number of furan rings is 1. The van der Waals surface area contributed by atoms with E-state index in [9.17, 15) is 4.79 Å². The number of piperazine rings is 2. The monoisotopic (exact) mass is 546 g/mol. The zero-order chi connectivity index (χ0) is 21.3. The first-order chi connectivity index (χ1) is 14.6. The number of carbonyl (C=O) groups excluding carboxylic acids is 1. The van der Waals surface area contributed by atoms with Crippen LogP contribution in [-0.2, 0) is 0 Å². The van der Waals surface area contributed by atoms with E-state index in [1.54, 1.807) is 18.4 Å². The predicted molar refractivity (Wildman–Crippen MR) is 135 cm³/mol. The Hall–Kier alpha value is -1.33. The van der Waals surface area contributed by atoms with E-state index >= 15 is 0 Å². The molecule has 176 valence electrons. The minimum atomic E-state index is -0.0293. The highest BCUT2D eigenvalue weighted by Gasteiger charge is 2.25. The van der Waals surface area contributed by atoms with Crippen LogP contribution in [0.2, 0.25) is 0 Å². The molecule has 9 heteroatoms. The summed E-state index contributed by atoms with van der Waals surface area (Å²) < 4.78 is 5.25. The molecule has 0 bridgehead atoms. The number of carbonyl (C=O) groups is 1. The molecule has 3 rings (SSSR count). The Balaban J connectivity index is 0.00000341. The first-order valence-corrected chi connectivity index (χ1v) is 11.4. The van der Waals surface area contributed by atoms with Gasteiger partial charge in [-0.2, -0.15) is 0 Å². The van der Waals surface area contributed by atoms with Crippen molar-refractivity contribution in [2.75, 3.05) is 78.5 Å². The number of nitrogens with one attached hydrogen (secondary N) is 1. The van der Waals surface area contributed by atoms with Crippen molar-refractivity contribution in [2.45, 2.75) is 20.8 Å². The van der Waals surface area contributed by atoms with E-state index in [-0.39, 0.29) is 29.9 Å². The highest BCUT2D eigenvalue weighted by Crippen LogP contribution is 2.10. The molecule has 1 aromatic rings.